The van der Waals surface area contributed by atoms with Crippen molar-refractivity contribution in [2.45, 2.75) is 6.54 Å². The van der Waals surface area contributed by atoms with Crippen LogP contribution < -0.4 is 11.3 Å². The molecule has 0 saturated heterocycles. The zero-order chi connectivity index (χ0) is 9.26. The maximum Gasteiger partial charge on any atom is 0.258 e. The molecule has 0 spiro atoms. The Hall–Kier alpha value is -1.10. The van der Waals surface area contributed by atoms with Crippen LogP contribution in [-0.4, -0.2) is 9.97 Å². The average Bonchev–Trinajstić information content (AvgIpc) is 2.18. The first kappa shape index (κ1) is 13.9. The van der Waals surface area contributed by atoms with E-state index >= 15 is 0 Å². The fourth-order valence-corrected chi connectivity index (χ4v) is 1.23. The van der Waals surface area contributed by atoms with Gasteiger partial charge in [-0.2, -0.15) is 0 Å². The van der Waals surface area contributed by atoms with E-state index in [2.05, 4.69) is 9.97 Å². The van der Waals surface area contributed by atoms with Gasteiger partial charge in [0.1, 0.15) is 5.82 Å². The lowest BCUT2D eigenvalue weighted by molar-refractivity contribution is 0.913. The Morgan fingerprint density at radius 1 is 1.27 bits per heavy atom. The first-order valence-corrected chi connectivity index (χ1v) is 3.99. The van der Waals surface area contributed by atoms with Crippen molar-refractivity contribution in [1.82, 2.24) is 9.97 Å². The molecule has 1 aromatic heterocycles. The second-order valence-corrected chi connectivity index (χ2v) is 2.73. The van der Waals surface area contributed by atoms with Gasteiger partial charge in [-0.15, -0.1) is 24.8 Å². The van der Waals surface area contributed by atoms with Crippen LogP contribution in [0.15, 0.2) is 29.1 Å². The molecule has 2 rings (SSSR count). The molecule has 1 aromatic carbocycles. The van der Waals surface area contributed by atoms with Crippen LogP contribution in [0.4, 0.5) is 0 Å². The number of aromatic amines is 1. The summed E-state index contributed by atoms with van der Waals surface area (Å²) in [6.45, 7) is 0.250. The molecule has 0 atom stereocenters. The predicted octanol–water partition coefficient (Wildman–Crippen LogP) is 1.23. The molecule has 0 saturated carbocycles. The fraction of sp³-hybridized carbons (Fsp3) is 0.111. The van der Waals surface area contributed by atoms with E-state index in [0.717, 1.165) is 0 Å². The number of hydrogen-bond donors (Lipinski definition) is 2. The number of hydrogen-bond acceptors (Lipinski definition) is 3. The number of nitrogens with one attached hydrogen (secondary N) is 1. The van der Waals surface area contributed by atoms with Crippen LogP contribution in [0.25, 0.3) is 10.9 Å². The van der Waals surface area contributed by atoms with E-state index in [-0.39, 0.29) is 36.9 Å². The zero-order valence-electron chi connectivity index (χ0n) is 7.77. The number of rotatable bonds is 1. The Morgan fingerprint density at radius 3 is 2.60 bits per heavy atom. The summed E-state index contributed by atoms with van der Waals surface area (Å²) in [5.74, 6) is 0.517. The molecule has 0 aliphatic carbocycles. The van der Waals surface area contributed by atoms with Gasteiger partial charge in [-0.3, -0.25) is 4.79 Å². The van der Waals surface area contributed by atoms with Gasteiger partial charge in [0, 0.05) is 0 Å². The van der Waals surface area contributed by atoms with E-state index < -0.39 is 0 Å². The molecule has 3 N–H and O–H groups in total. The minimum Gasteiger partial charge on any atom is -0.324 e. The monoisotopic (exact) mass is 247 g/mol. The van der Waals surface area contributed by atoms with Crippen molar-refractivity contribution in [3.63, 3.8) is 0 Å². The number of para-hydroxylation sites is 1. The third-order valence-electron chi connectivity index (χ3n) is 1.86. The summed E-state index contributed by atoms with van der Waals surface area (Å²) >= 11 is 0. The number of nitrogens with two attached hydrogens (primary N) is 1. The largest absolute Gasteiger partial charge is 0.324 e. The van der Waals surface area contributed by atoms with Crippen molar-refractivity contribution >= 4 is 35.7 Å². The summed E-state index contributed by atoms with van der Waals surface area (Å²) in [7, 11) is 0. The minimum atomic E-state index is -0.133. The number of H-pyrrole nitrogens is 1. The van der Waals surface area contributed by atoms with Crippen LogP contribution in [0.3, 0.4) is 0 Å². The van der Waals surface area contributed by atoms with E-state index in [0.29, 0.717) is 16.7 Å². The summed E-state index contributed by atoms with van der Waals surface area (Å²) in [5, 5.41) is 0.597. The van der Waals surface area contributed by atoms with Crippen LogP contribution in [-0.2, 0) is 6.54 Å². The van der Waals surface area contributed by atoms with Crippen molar-refractivity contribution in [2.24, 2.45) is 5.73 Å². The molecule has 6 heteroatoms. The molecule has 15 heavy (non-hydrogen) atoms. The van der Waals surface area contributed by atoms with Crippen LogP contribution in [0.1, 0.15) is 5.82 Å². The van der Waals surface area contributed by atoms with Crippen LogP contribution in [0.5, 0.6) is 0 Å². The van der Waals surface area contributed by atoms with Gasteiger partial charge in [-0.05, 0) is 12.1 Å². The number of nitrogens with zero attached hydrogens (tertiary/aromatic N) is 1. The molecular weight excluding hydrogens is 237 g/mol. The summed E-state index contributed by atoms with van der Waals surface area (Å²) < 4.78 is 0. The van der Waals surface area contributed by atoms with E-state index in [1.165, 1.54) is 0 Å². The highest BCUT2D eigenvalue weighted by Crippen LogP contribution is 2.04. The summed E-state index contributed by atoms with van der Waals surface area (Å²) in [5.41, 5.74) is 5.93. The van der Waals surface area contributed by atoms with Crippen molar-refractivity contribution in [2.75, 3.05) is 0 Å². The highest BCUT2D eigenvalue weighted by Gasteiger charge is 2.00. The molecule has 0 amide bonds. The van der Waals surface area contributed by atoms with Gasteiger partial charge in [0.25, 0.3) is 5.56 Å². The van der Waals surface area contributed by atoms with E-state index in [4.69, 9.17) is 5.73 Å². The number of benzene rings is 1. The van der Waals surface area contributed by atoms with Gasteiger partial charge >= 0.3 is 0 Å². The average molecular weight is 248 g/mol. The first-order valence-electron chi connectivity index (χ1n) is 3.99. The zero-order valence-corrected chi connectivity index (χ0v) is 9.40. The highest BCUT2D eigenvalue weighted by molar-refractivity contribution is 5.85. The lowest BCUT2D eigenvalue weighted by atomic mass is 10.2. The molecule has 0 bridgehead atoms. The molecule has 0 aliphatic heterocycles. The Bertz CT molecular complexity index is 498. The molecule has 2 aromatic rings. The third kappa shape index (κ3) is 2.68. The van der Waals surface area contributed by atoms with Gasteiger partial charge in [0.05, 0.1) is 17.4 Å². The molecule has 4 nitrogen and oxygen atoms in total. The minimum absolute atomic E-state index is 0. The van der Waals surface area contributed by atoms with Gasteiger partial charge in [0.2, 0.25) is 0 Å². The summed E-state index contributed by atoms with van der Waals surface area (Å²) in [6.07, 6.45) is 0. The smallest absolute Gasteiger partial charge is 0.258 e. The Labute approximate surface area is 98.7 Å². The fourth-order valence-electron chi connectivity index (χ4n) is 1.23. The molecule has 0 fully saturated rings. The molecule has 0 aliphatic rings. The SMILES string of the molecule is Cl.Cl.NCc1nc2ccccc2c(=O)[nH]1. The molecule has 0 unspecified atom stereocenters. The normalized spacial score (nSPS) is 9.13. The van der Waals surface area contributed by atoms with Crippen LogP contribution in [0.2, 0.25) is 0 Å². The molecule has 82 valence electrons. The Morgan fingerprint density at radius 2 is 1.93 bits per heavy atom. The molecular formula is C9H11Cl2N3O. The van der Waals surface area contributed by atoms with Gasteiger partial charge in [-0.25, -0.2) is 4.98 Å². The van der Waals surface area contributed by atoms with Crippen molar-refractivity contribution in [1.29, 1.82) is 0 Å². The van der Waals surface area contributed by atoms with Crippen molar-refractivity contribution in [3.05, 3.63) is 40.4 Å². The van der Waals surface area contributed by atoms with Gasteiger partial charge < -0.3 is 10.7 Å². The lowest BCUT2D eigenvalue weighted by Gasteiger charge is -1.98. The van der Waals surface area contributed by atoms with E-state index in [1.807, 2.05) is 6.07 Å². The van der Waals surface area contributed by atoms with Crippen LogP contribution >= 0.6 is 24.8 Å². The number of halogens is 2. The standard InChI is InChI=1S/C9H9N3O.2ClH/c10-5-8-11-7-4-2-1-3-6(7)9(13)12-8;;/h1-4H,5,10H2,(H,11,12,13);2*1H. The summed E-state index contributed by atoms with van der Waals surface area (Å²) in [4.78, 5) is 18.2. The predicted molar refractivity (Wildman–Crippen MR) is 64.8 cm³/mol. The van der Waals surface area contributed by atoms with Gasteiger partial charge in [-0.1, -0.05) is 12.1 Å². The topological polar surface area (TPSA) is 71.8 Å². The lowest BCUT2D eigenvalue weighted by Crippen LogP contribution is -2.14. The van der Waals surface area contributed by atoms with Crippen molar-refractivity contribution in [3.8, 4) is 0 Å². The molecule has 1 heterocycles. The Kier molecular flexibility index (Phi) is 5.28. The maximum absolute atomic E-state index is 11.4. The Balaban J connectivity index is 0.000000980. The molecule has 0 radical (unpaired) electrons. The quantitative estimate of drug-likeness (QED) is 0.797. The maximum atomic E-state index is 11.4. The number of aromatic nitrogens is 2. The second-order valence-electron chi connectivity index (χ2n) is 2.73. The summed E-state index contributed by atoms with van der Waals surface area (Å²) in [6, 6.07) is 7.18. The van der Waals surface area contributed by atoms with Crippen molar-refractivity contribution < 1.29 is 0 Å². The number of fused-ring (bicyclic) bond motifs is 1. The highest BCUT2D eigenvalue weighted by atomic mass is 35.5. The van der Waals surface area contributed by atoms with Gasteiger partial charge in [0.15, 0.2) is 0 Å². The van der Waals surface area contributed by atoms with E-state index in [1.54, 1.807) is 18.2 Å². The third-order valence-corrected chi connectivity index (χ3v) is 1.86. The van der Waals surface area contributed by atoms with Crippen LogP contribution in [0, 0.1) is 0 Å². The first-order chi connectivity index (χ1) is 6.31. The second kappa shape index (κ2) is 5.70. The van der Waals surface area contributed by atoms with E-state index in [9.17, 15) is 4.79 Å².